The van der Waals surface area contributed by atoms with Crippen molar-refractivity contribution in [2.45, 2.75) is 13.0 Å². The molecule has 0 amide bonds. The molecule has 3 nitrogen and oxygen atoms in total. The second-order valence-electron chi connectivity index (χ2n) is 5.09. The first-order chi connectivity index (χ1) is 8.83. The Morgan fingerprint density at radius 1 is 1.33 bits per heavy atom. The highest BCUT2D eigenvalue weighted by Gasteiger charge is 2.14. The van der Waals surface area contributed by atoms with Crippen molar-refractivity contribution in [3.8, 4) is 5.75 Å². The Labute approximate surface area is 108 Å². The maximum atomic E-state index is 5.79. The van der Waals surface area contributed by atoms with Crippen LogP contribution in [0, 0.1) is 0 Å². The Hall–Kier alpha value is -1.32. The van der Waals surface area contributed by atoms with Crippen LogP contribution in [0.3, 0.4) is 0 Å². The molecule has 0 saturated heterocycles. The van der Waals surface area contributed by atoms with Crippen LogP contribution in [0.4, 0.5) is 0 Å². The van der Waals surface area contributed by atoms with Gasteiger partial charge in [-0.3, -0.25) is 4.90 Å². The van der Waals surface area contributed by atoms with E-state index < -0.39 is 0 Å². The van der Waals surface area contributed by atoms with Crippen LogP contribution in [-0.2, 0) is 6.54 Å². The van der Waals surface area contributed by atoms with Crippen molar-refractivity contribution in [3.05, 3.63) is 35.4 Å². The fourth-order valence-electron chi connectivity index (χ4n) is 2.61. The Kier molecular flexibility index (Phi) is 3.35. The molecule has 0 unspecified atom stereocenters. The summed E-state index contributed by atoms with van der Waals surface area (Å²) < 4.78 is 5.79. The van der Waals surface area contributed by atoms with Crippen LogP contribution in [0.5, 0.6) is 5.75 Å². The van der Waals surface area contributed by atoms with Crippen LogP contribution in [0.15, 0.2) is 24.3 Å². The summed E-state index contributed by atoms with van der Waals surface area (Å²) in [6, 6.07) is 6.63. The highest BCUT2D eigenvalue weighted by Crippen LogP contribution is 2.28. The molecule has 0 aliphatic carbocycles. The second kappa shape index (κ2) is 5.12. The summed E-state index contributed by atoms with van der Waals surface area (Å²) in [6.07, 6.45) is 3.42. The highest BCUT2D eigenvalue weighted by atomic mass is 16.5. The summed E-state index contributed by atoms with van der Waals surface area (Å²) in [5.41, 5.74) is 4.13. The quantitative estimate of drug-likeness (QED) is 0.816. The molecule has 2 heterocycles. The van der Waals surface area contributed by atoms with Crippen molar-refractivity contribution in [3.63, 3.8) is 0 Å². The Bertz CT molecular complexity index is 468. The van der Waals surface area contributed by atoms with Gasteiger partial charge in [-0.05, 0) is 43.3 Å². The van der Waals surface area contributed by atoms with E-state index in [9.17, 15) is 0 Å². The van der Waals surface area contributed by atoms with Gasteiger partial charge in [0.05, 0.1) is 0 Å². The molecule has 3 rings (SSSR count). The first kappa shape index (κ1) is 11.8. The molecule has 3 heteroatoms. The van der Waals surface area contributed by atoms with Crippen LogP contribution in [0.25, 0.3) is 5.57 Å². The lowest BCUT2D eigenvalue weighted by atomic mass is 9.98. The molecule has 1 aromatic carbocycles. The molecule has 0 radical (unpaired) electrons. The molecule has 2 aliphatic rings. The lowest BCUT2D eigenvalue weighted by molar-refractivity contribution is 0.259. The first-order valence-corrected chi connectivity index (χ1v) is 6.67. The summed E-state index contributed by atoms with van der Waals surface area (Å²) in [6.45, 7) is 4.84. The summed E-state index contributed by atoms with van der Waals surface area (Å²) in [4.78, 5) is 2.31. The lowest BCUT2D eigenvalue weighted by Gasteiger charge is -2.16. The van der Waals surface area contributed by atoms with E-state index in [1.54, 1.807) is 0 Å². The van der Waals surface area contributed by atoms with Gasteiger partial charge >= 0.3 is 0 Å². The van der Waals surface area contributed by atoms with Gasteiger partial charge in [-0.15, -0.1) is 0 Å². The van der Waals surface area contributed by atoms with Gasteiger partial charge in [-0.25, -0.2) is 0 Å². The third-order valence-electron chi connectivity index (χ3n) is 3.67. The fraction of sp³-hybridized carbons (Fsp3) is 0.467. The predicted octanol–water partition coefficient (Wildman–Crippen LogP) is 1.89. The number of hydrogen-bond donors (Lipinski definition) is 1. The molecular formula is C15H20N2O. The van der Waals surface area contributed by atoms with Gasteiger partial charge < -0.3 is 10.1 Å². The molecule has 1 aromatic rings. The molecule has 0 atom stereocenters. The minimum absolute atomic E-state index is 0.787. The number of likely N-dealkylation sites (N-methyl/N-ethyl adjacent to an activating group) is 1. The van der Waals surface area contributed by atoms with E-state index in [1.165, 1.54) is 16.7 Å². The predicted molar refractivity (Wildman–Crippen MR) is 73.7 cm³/mol. The first-order valence-electron chi connectivity index (χ1n) is 6.67. The van der Waals surface area contributed by atoms with E-state index in [-0.39, 0.29) is 0 Å². The van der Waals surface area contributed by atoms with E-state index in [1.807, 2.05) is 0 Å². The minimum atomic E-state index is 0.787. The van der Waals surface area contributed by atoms with Gasteiger partial charge in [0, 0.05) is 25.2 Å². The summed E-state index contributed by atoms with van der Waals surface area (Å²) in [5.74, 6) is 1.05. The number of fused-ring (bicyclic) bond motifs is 1. The molecule has 0 aromatic heterocycles. The molecule has 2 aliphatic heterocycles. The van der Waals surface area contributed by atoms with Crippen molar-refractivity contribution in [2.75, 3.05) is 33.3 Å². The summed E-state index contributed by atoms with van der Waals surface area (Å²) >= 11 is 0. The number of ether oxygens (including phenoxy) is 1. The number of hydrogen-bond acceptors (Lipinski definition) is 3. The average Bonchev–Trinajstić information content (AvgIpc) is 2.59. The summed E-state index contributed by atoms with van der Waals surface area (Å²) in [7, 11) is 2.15. The van der Waals surface area contributed by atoms with Gasteiger partial charge in [-0.1, -0.05) is 12.1 Å². The molecule has 1 N–H and O–H groups in total. The zero-order valence-electron chi connectivity index (χ0n) is 10.9. The van der Waals surface area contributed by atoms with Crippen molar-refractivity contribution in [2.24, 2.45) is 0 Å². The lowest BCUT2D eigenvalue weighted by Crippen LogP contribution is -2.20. The monoisotopic (exact) mass is 244 g/mol. The molecule has 18 heavy (non-hydrogen) atoms. The van der Waals surface area contributed by atoms with Gasteiger partial charge in [0.15, 0.2) is 0 Å². The van der Waals surface area contributed by atoms with Gasteiger partial charge in [0.25, 0.3) is 0 Å². The SMILES string of the molecule is CN1CCOc2ccc(C3=CCNCC3)cc2C1. The molecule has 0 fully saturated rings. The number of nitrogens with one attached hydrogen (secondary N) is 1. The molecule has 96 valence electrons. The van der Waals surface area contributed by atoms with Crippen LogP contribution in [-0.4, -0.2) is 38.2 Å². The average molecular weight is 244 g/mol. The summed E-state index contributed by atoms with van der Waals surface area (Å²) in [5, 5.41) is 3.35. The molecular weight excluding hydrogens is 224 g/mol. The minimum Gasteiger partial charge on any atom is -0.492 e. The Morgan fingerprint density at radius 3 is 3.11 bits per heavy atom. The topological polar surface area (TPSA) is 24.5 Å². The second-order valence-corrected chi connectivity index (χ2v) is 5.09. The highest BCUT2D eigenvalue weighted by molar-refractivity contribution is 5.68. The smallest absolute Gasteiger partial charge is 0.123 e. The van der Waals surface area contributed by atoms with Crippen molar-refractivity contribution < 1.29 is 4.74 Å². The van der Waals surface area contributed by atoms with Gasteiger partial charge in [-0.2, -0.15) is 0 Å². The van der Waals surface area contributed by atoms with Crippen LogP contribution >= 0.6 is 0 Å². The Morgan fingerprint density at radius 2 is 2.28 bits per heavy atom. The zero-order chi connectivity index (χ0) is 12.4. The third kappa shape index (κ3) is 2.42. The van der Waals surface area contributed by atoms with E-state index in [0.717, 1.165) is 45.0 Å². The van der Waals surface area contributed by atoms with Crippen molar-refractivity contribution >= 4 is 5.57 Å². The maximum absolute atomic E-state index is 5.79. The largest absolute Gasteiger partial charge is 0.492 e. The maximum Gasteiger partial charge on any atom is 0.123 e. The van der Waals surface area contributed by atoms with Crippen LogP contribution in [0.2, 0.25) is 0 Å². The molecule has 0 spiro atoms. The van der Waals surface area contributed by atoms with E-state index in [2.05, 4.69) is 41.5 Å². The zero-order valence-corrected chi connectivity index (χ0v) is 10.9. The van der Waals surface area contributed by atoms with Crippen molar-refractivity contribution in [1.82, 2.24) is 10.2 Å². The van der Waals surface area contributed by atoms with E-state index in [0.29, 0.717) is 0 Å². The Balaban J connectivity index is 1.91. The van der Waals surface area contributed by atoms with Gasteiger partial charge in [0.1, 0.15) is 12.4 Å². The number of rotatable bonds is 1. The molecule has 0 saturated carbocycles. The van der Waals surface area contributed by atoms with Gasteiger partial charge in [0.2, 0.25) is 0 Å². The van der Waals surface area contributed by atoms with E-state index in [4.69, 9.17) is 4.74 Å². The molecule has 0 bridgehead atoms. The number of benzene rings is 1. The standard InChI is InChI=1S/C15H20N2O/c1-17-8-9-18-15-3-2-13(10-14(15)11-17)12-4-6-16-7-5-12/h2-4,10,16H,5-9,11H2,1H3. The van der Waals surface area contributed by atoms with Crippen LogP contribution < -0.4 is 10.1 Å². The normalized spacial score (nSPS) is 20.6. The van der Waals surface area contributed by atoms with Crippen LogP contribution in [0.1, 0.15) is 17.5 Å². The fourth-order valence-corrected chi connectivity index (χ4v) is 2.61. The third-order valence-corrected chi connectivity index (χ3v) is 3.67. The van der Waals surface area contributed by atoms with E-state index >= 15 is 0 Å². The number of nitrogens with zero attached hydrogens (tertiary/aromatic N) is 1. The van der Waals surface area contributed by atoms with Crippen molar-refractivity contribution in [1.29, 1.82) is 0 Å².